The molecule has 0 radical (unpaired) electrons. The number of hydrogen-bond donors (Lipinski definition) is 2. The van der Waals surface area contributed by atoms with E-state index in [1.165, 1.54) is 22.9 Å². The number of H-pyrrole nitrogens is 1. The number of nitrogens with one attached hydrogen (secondary N) is 2. The fourth-order valence-electron chi connectivity index (χ4n) is 3.53. The topological polar surface area (TPSA) is 88.8 Å². The maximum absolute atomic E-state index is 8.18. The van der Waals surface area contributed by atoms with Crippen molar-refractivity contribution in [1.82, 2.24) is 19.5 Å². The lowest BCUT2D eigenvalue weighted by Crippen LogP contribution is -2.13. The van der Waals surface area contributed by atoms with Gasteiger partial charge in [-0.1, -0.05) is 58.4 Å². The highest BCUT2D eigenvalue weighted by atomic mass is 79.9. The number of benzene rings is 2. The van der Waals surface area contributed by atoms with Crippen molar-refractivity contribution in [3.63, 3.8) is 0 Å². The zero-order valence-corrected chi connectivity index (χ0v) is 19.6. The molecule has 0 bridgehead atoms. The molecule has 0 saturated heterocycles. The van der Waals surface area contributed by atoms with Crippen LogP contribution < -0.4 is 5.49 Å². The third-order valence-electron chi connectivity index (χ3n) is 5.25. The van der Waals surface area contributed by atoms with E-state index in [1.807, 2.05) is 34.9 Å². The summed E-state index contributed by atoms with van der Waals surface area (Å²) in [5.41, 5.74) is 4.92. The van der Waals surface area contributed by atoms with Crippen LogP contribution in [0.1, 0.15) is 23.0 Å². The van der Waals surface area contributed by atoms with E-state index >= 15 is 0 Å². The molecule has 0 spiro atoms. The van der Waals surface area contributed by atoms with E-state index in [-0.39, 0.29) is 5.49 Å². The molecular weight excluding hydrogens is 490 g/mol. The maximum atomic E-state index is 8.18. The second-order valence-corrected chi connectivity index (χ2v) is 9.20. The minimum Gasteiger partial charge on any atom is -0.454 e. The van der Waals surface area contributed by atoms with E-state index in [1.54, 1.807) is 12.6 Å². The summed E-state index contributed by atoms with van der Waals surface area (Å²) in [5, 5.41) is 9.39. The van der Waals surface area contributed by atoms with Crippen molar-refractivity contribution in [2.45, 2.75) is 31.3 Å². The summed E-state index contributed by atoms with van der Waals surface area (Å²) >= 11 is 4.85. The SMILES string of the molecule is Cc1ccccc1CCn1cnc(=N)c2[nH]c(SC3=COC(c4ccccc4Br)O3)nc21. The average Bonchev–Trinajstić information content (AvgIpc) is 3.43. The number of thioether (sulfide) groups is 1. The number of aromatic amines is 1. The lowest BCUT2D eigenvalue weighted by atomic mass is 10.1. The third kappa shape index (κ3) is 4.18. The Morgan fingerprint density at radius 1 is 1.19 bits per heavy atom. The Kier molecular flexibility index (Phi) is 5.75. The molecule has 0 aliphatic carbocycles. The number of hydrogen-bond acceptors (Lipinski definition) is 6. The van der Waals surface area contributed by atoms with Crippen molar-refractivity contribution in [2.24, 2.45) is 0 Å². The van der Waals surface area contributed by atoms with Crippen LogP contribution in [-0.4, -0.2) is 19.5 Å². The molecule has 9 heteroatoms. The van der Waals surface area contributed by atoms with E-state index in [2.05, 4.69) is 51.0 Å². The summed E-state index contributed by atoms with van der Waals surface area (Å²) in [4.78, 5) is 12.1. The Balaban J connectivity index is 1.34. The molecule has 162 valence electrons. The first-order chi connectivity index (χ1) is 15.6. The van der Waals surface area contributed by atoms with Gasteiger partial charge in [0.2, 0.25) is 5.09 Å². The number of aryl methyl sites for hydroxylation is 3. The Morgan fingerprint density at radius 2 is 2.00 bits per heavy atom. The first-order valence-corrected chi connectivity index (χ1v) is 11.7. The number of ether oxygens (including phenoxy) is 2. The van der Waals surface area contributed by atoms with Crippen LogP contribution in [0.25, 0.3) is 11.2 Å². The van der Waals surface area contributed by atoms with Gasteiger partial charge >= 0.3 is 0 Å². The van der Waals surface area contributed by atoms with Crippen LogP contribution in [0, 0.1) is 12.3 Å². The van der Waals surface area contributed by atoms with E-state index in [0.29, 0.717) is 21.4 Å². The fraction of sp³-hybridized carbons (Fsp3) is 0.174. The predicted octanol–water partition coefficient (Wildman–Crippen LogP) is 5.19. The molecule has 4 aromatic rings. The van der Waals surface area contributed by atoms with Crippen molar-refractivity contribution in [3.8, 4) is 0 Å². The molecular formula is C23H20BrN5O2S. The van der Waals surface area contributed by atoms with Gasteiger partial charge in [0.25, 0.3) is 6.29 Å². The first kappa shape index (κ1) is 20.8. The Hall–Kier alpha value is -3.04. The number of imidazole rings is 1. The number of rotatable bonds is 6. The zero-order chi connectivity index (χ0) is 22.1. The minimum atomic E-state index is -0.509. The molecule has 0 amide bonds. The largest absolute Gasteiger partial charge is 0.454 e. The van der Waals surface area contributed by atoms with Crippen LogP contribution in [0.4, 0.5) is 0 Å². The van der Waals surface area contributed by atoms with Gasteiger partial charge in [0.05, 0.1) is 6.33 Å². The summed E-state index contributed by atoms with van der Waals surface area (Å²) in [7, 11) is 0. The van der Waals surface area contributed by atoms with Gasteiger partial charge < -0.3 is 19.0 Å². The Morgan fingerprint density at radius 3 is 2.84 bits per heavy atom. The minimum absolute atomic E-state index is 0.162. The van der Waals surface area contributed by atoms with Crippen LogP contribution >= 0.6 is 27.7 Å². The summed E-state index contributed by atoms with van der Waals surface area (Å²) in [5.74, 6) is 0. The summed E-state index contributed by atoms with van der Waals surface area (Å²) < 4.78 is 14.5. The van der Waals surface area contributed by atoms with E-state index in [9.17, 15) is 0 Å². The van der Waals surface area contributed by atoms with Gasteiger partial charge in [-0.05, 0) is 42.3 Å². The van der Waals surface area contributed by atoms with Gasteiger partial charge in [0.15, 0.2) is 16.3 Å². The highest BCUT2D eigenvalue weighted by Crippen LogP contribution is 2.38. The normalized spacial score (nSPS) is 15.4. The van der Waals surface area contributed by atoms with Gasteiger partial charge in [-0.2, -0.15) is 0 Å². The highest BCUT2D eigenvalue weighted by molar-refractivity contribution is 9.10. The second kappa shape index (κ2) is 8.84. The second-order valence-electron chi connectivity index (χ2n) is 7.35. The molecule has 32 heavy (non-hydrogen) atoms. The lowest BCUT2D eigenvalue weighted by Gasteiger charge is -2.12. The third-order valence-corrected chi connectivity index (χ3v) is 6.75. The number of nitrogens with zero attached hydrogens (tertiary/aromatic N) is 3. The molecule has 1 atom stereocenters. The van der Waals surface area contributed by atoms with Gasteiger partial charge in [-0.25, -0.2) is 9.97 Å². The smallest absolute Gasteiger partial charge is 0.268 e. The first-order valence-electron chi connectivity index (χ1n) is 10.1. The van der Waals surface area contributed by atoms with Crippen molar-refractivity contribution >= 4 is 38.9 Å². The number of halogens is 1. The summed E-state index contributed by atoms with van der Waals surface area (Å²) in [6.45, 7) is 2.83. The molecule has 7 nitrogen and oxygen atoms in total. The van der Waals surface area contributed by atoms with E-state index in [0.717, 1.165) is 23.0 Å². The van der Waals surface area contributed by atoms with Gasteiger partial charge in [0.1, 0.15) is 11.8 Å². The van der Waals surface area contributed by atoms with Gasteiger partial charge in [0, 0.05) is 16.6 Å². The summed E-state index contributed by atoms with van der Waals surface area (Å²) in [6.07, 6.45) is 3.62. The van der Waals surface area contributed by atoms with Crippen LogP contribution in [0.15, 0.2) is 75.8 Å². The van der Waals surface area contributed by atoms with Gasteiger partial charge in [-0.15, -0.1) is 0 Å². The van der Waals surface area contributed by atoms with Crippen LogP contribution in [0.3, 0.4) is 0 Å². The summed E-state index contributed by atoms with van der Waals surface area (Å²) in [6, 6.07) is 16.1. The van der Waals surface area contributed by atoms with Crippen LogP contribution in [0.5, 0.6) is 0 Å². The molecule has 2 aromatic heterocycles. The van der Waals surface area contributed by atoms with Crippen molar-refractivity contribution in [1.29, 1.82) is 5.41 Å². The quantitative estimate of drug-likeness (QED) is 0.373. The molecule has 2 N–H and O–H groups in total. The van der Waals surface area contributed by atoms with E-state index < -0.39 is 6.29 Å². The highest BCUT2D eigenvalue weighted by Gasteiger charge is 2.25. The monoisotopic (exact) mass is 509 g/mol. The van der Waals surface area contributed by atoms with Gasteiger partial charge in [-0.3, -0.25) is 5.41 Å². The van der Waals surface area contributed by atoms with Crippen molar-refractivity contribution in [3.05, 3.63) is 92.9 Å². The van der Waals surface area contributed by atoms with Crippen molar-refractivity contribution in [2.75, 3.05) is 0 Å². The molecule has 1 unspecified atom stereocenters. The standard InChI is InChI=1S/C23H20BrN5O2S/c1-14-6-2-3-7-15(14)10-11-29-13-26-20(25)19-21(29)28-23(27-19)32-18-12-30-22(31-18)16-8-4-5-9-17(16)24/h2-9,12-13,22,25H,10-11H2,1H3,(H,27,28). The molecule has 0 fully saturated rings. The lowest BCUT2D eigenvalue weighted by molar-refractivity contribution is -0.0278. The molecule has 5 rings (SSSR count). The van der Waals surface area contributed by atoms with Crippen LogP contribution in [-0.2, 0) is 22.4 Å². The number of aromatic nitrogens is 4. The molecule has 0 saturated carbocycles. The zero-order valence-electron chi connectivity index (χ0n) is 17.2. The van der Waals surface area contributed by atoms with Crippen molar-refractivity contribution < 1.29 is 9.47 Å². The Bertz CT molecular complexity index is 1380. The maximum Gasteiger partial charge on any atom is 0.268 e. The average molecular weight is 510 g/mol. The predicted molar refractivity (Wildman–Crippen MR) is 126 cm³/mol. The van der Waals surface area contributed by atoms with Crippen LogP contribution in [0.2, 0.25) is 0 Å². The number of fused-ring (bicyclic) bond motifs is 1. The Labute approximate surface area is 197 Å². The van der Waals surface area contributed by atoms with E-state index in [4.69, 9.17) is 19.9 Å². The molecule has 3 heterocycles. The molecule has 1 aliphatic rings. The fourth-order valence-corrected chi connectivity index (χ4v) is 4.72. The molecule has 2 aromatic carbocycles. The molecule has 1 aliphatic heterocycles.